The van der Waals surface area contributed by atoms with E-state index in [-0.39, 0.29) is 18.4 Å². The Morgan fingerprint density at radius 3 is 2.84 bits per heavy atom. The Labute approximate surface area is 111 Å². The van der Waals surface area contributed by atoms with Gasteiger partial charge in [-0.15, -0.1) is 0 Å². The lowest BCUT2D eigenvalue weighted by Crippen LogP contribution is -2.39. The van der Waals surface area contributed by atoms with Gasteiger partial charge in [0.1, 0.15) is 5.75 Å². The number of nitrogens with zero attached hydrogens (tertiary/aromatic N) is 1. The molecule has 1 aromatic carbocycles. The zero-order valence-electron chi connectivity index (χ0n) is 11.0. The minimum atomic E-state index is -0.158. The maximum Gasteiger partial charge on any atom is 0.265 e. The minimum absolute atomic E-state index is 0.0275. The number of anilines is 2. The second-order valence-electron chi connectivity index (χ2n) is 4.59. The number of nitrogens with one attached hydrogen (secondary N) is 1. The van der Waals surface area contributed by atoms with Gasteiger partial charge in [-0.2, -0.15) is 0 Å². The fourth-order valence-electron chi connectivity index (χ4n) is 1.93. The Bertz CT molecular complexity index is 552. The highest BCUT2D eigenvalue weighted by atomic mass is 16.5. The maximum absolute atomic E-state index is 11.9. The molecule has 0 unspecified atom stereocenters. The Hall–Kier alpha value is -2.30. The van der Waals surface area contributed by atoms with Crippen molar-refractivity contribution in [3.63, 3.8) is 0 Å². The Balaban J connectivity index is 2.37. The van der Waals surface area contributed by atoms with Crippen LogP contribution in [0.25, 0.3) is 0 Å². The molecule has 1 aliphatic rings. The van der Waals surface area contributed by atoms with Gasteiger partial charge < -0.3 is 15.0 Å². The van der Waals surface area contributed by atoms with E-state index in [1.165, 1.54) is 6.92 Å². The summed E-state index contributed by atoms with van der Waals surface area (Å²) >= 11 is 0. The predicted octanol–water partition coefficient (Wildman–Crippen LogP) is 1.95. The summed E-state index contributed by atoms with van der Waals surface area (Å²) in [5, 5.41) is 2.69. The lowest BCUT2D eigenvalue weighted by atomic mass is 10.2. The first-order valence-corrected chi connectivity index (χ1v) is 5.96. The molecule has 19 heavy (non-hydrogen) atoms. The van der Waals surface area contributed by atoms with Gasteiger partial charge in [-0.1, -0.05) is 12.2 Å². The molecule has 0 saturated carbocycles. The molecule has 1 heterocycles. The average molecular weight is 260 g/mol. The van der Waals surface area contributed by atoms with Crippen molar-refractivity contribution >= 4 is 23.2 Å². The van der Waals surface area contributed by atoms with E-state index < -0.39 is 0 Å². The number of fused-ring (bicyclic) bond motifs is 1. The van der Waals surface area contributed by atoms with Crippen LogP contribution in [0.2, 0.25) is 0 Å². The summed E-state index contributed by atoms with van der Waals surface area (Å²) in [6.45, 7) is 7.59. The highest BCUT2D eigenvalue weighted by Crippen LogP contribution is 2.34. The van der Waals surface area contributed by atoms with Crippen LogP contribution in [0.4, 0.5) is 11.4 Å². The molecule has 0 fully saturated rings. The Kier molecular flexibility index (Phi) is 3.55. The molecule has 5 nitrogen and oxygen atoms in total. The van der Waals surface area contributed by atoms with Crippen LogP contribution in [0.15, 0.2) is 30.4 Å². The molecular weight excluding hydrogens is 244 g/mol. The first-order chi connectivity index (χ1) is 8.97. The van der Waals surface area contributed by atoms with Crippen molar-refractivity contribution < 1.29 is 14.3 Å². The molecule has 2 amide bonds. The summed E-state index contributed by atoms with van der Waals surface area (Å²) in [4.78, 5) is 24.6. The summed E-state index contributed by atoms with van der Waals surface area (Å²) in [6, 6.07) is 5.23. The Morgan fingerprint density at radius 1 is 1.47 bits per heavy atom. The molecule has 1 N–H and O–H groups in total. The van der Waals surface area contributed by atoms with E-state index in [0.29, 0.717) is 23.7 Å². The van der Waals surface area contributed by atoms with Gasteiger partial charge in [-0.25, -0.2) is 0 Å². The second kappa shape index (κ2) is 5.14. The number of carbonyl (C=O) groups is 2. The Morgan fingerprint density at radius 2 is 2.21 bits per heavy atom. The molecule has 100 valence electrons. The summed E-state index contributed by atoms with van der Waals surface area (Å²) in [7, 11) is 0. The number of benzene rings is 1. The second-order valence-corrected chi connectivity index (χ2v) is 4.59. The van der Waals surface area contributed by atoms with Crippen LogP contribution in [0.3, 0.4) is 0 Å². The normalized spacial score (nSPS) is 13.6. The number of ether oxygens (including phenoxy) is 1. The van der Waals surface area contributed by atoms with Gasteiger partial charge in [0.05, 0.1) is 5.69 Å². The van der Waals surface area contributed by atoms with Crippen LogP contribution in [-0.4, -0.2) is 25.0 Å². The zero-order chi connectivity index (χ0) is 14.0. The van der Waals surface area contributed by atoms with Gasteiger partial charge in [0.15, 0.2) is 6.61 Å². The summed E-state index contributed by atoms with van der Waals surface area (Å²) in [6.07, 6.45) is 0. The molecule has 1 aliphatic heterocycles. The third kappa shape index (κ3) is 2.93. The molecule has 0 radical (unpaired) electrons. The van der Waals surface area contributed by atoms with Crippen molar-refractivity contribution in [3.05, 3.63) is 30.4 Å². The largest absolute Gasteiger partial charge is 0.482 e. The molecule has 2 rings (SSSR count). The first-order valence-electron chi connectivity index (χ1n) is 5.96. The molecule has 0 spiro atoms. The van der Waals surface area contributed by atoms with Gasteiger partial charge in [0, 0.05) is 19.2 Å². The quantitative estimate of drug-likeness (QED) is 0.845. The van der Waals surface area contributed by atoms with E-state index in [0.717, 1.165) is 5.57 Å². The van der Waals surface area contributed by atoms with Gasteiger partial charge in [-0.3, -0.25) is 9.59 Å². The predicted molar refractivity (Wildman–Crippen MR) is 73.4 cm³/mol. The lowest BCUT2D eigenvalue weighted by Gasteiger charge is -2.30. The van der Waals surface area contributed by atoms with E-state index >= 15 is 0 Å². The lowest BCUT2D eigenvalue weighted by molar-refractivity contribution is -0.121. The van der Waals surface area contributed by atoms with Crippen molar-refractivity contribution in [2.24, 2.45) is 0 Å². The summed E-state index contributed by atoms with van der Waals surface area (Å²) in [5.41, 5.74) is 2.17. The van der Waals surface area contributed by atoms with E-state index in [1.54, 1.807) is 23.1 Å². The number of hydrogen-bond acceptors (Lipinski definition) is 3. The topological polar surface area (TPSA) is 58.6 Å². The number of rotatable bonds is 3. The van der Waals surface area contributed by atoms with Gasteiger partial charge >= 0.3 is 0 Å². The molecule has 5 heteroatoms. The van der Waals surface area contributed by atoms with Crippen LogP contribution in [0, 0.1) is 0 Å². The highest BCUT2D eigenvalue weighted by molar-refractivity contribution is 5.99. The highest BCUT2D eigenvalue weighted by Gasteiger charge is 2.25. The van der Waals surface area contributed by atoms with Crippen molar-refractivity contribution in [3.8, 4) is 5.75 Å². The monoisotopic (exact) mass is 260 g/mol. The van der Waals surface area contributed by atoms with Gasteiger partial charge in [0.25, 0.3) is 5.91 Å². The fraction of sp³-hybridized carbons (Fsp3) is 0.286. The SMILES string of the molecule is C=C(C)CN1C(=O)COc2ccc(NC(C)=O)cc21. The van der Waals surface area contributed by atoms with Crippen LogP contribution >= 0.6 is 0 Å². The van der Waals surface area contributed by atoms with E-state index in [1.807, 2.05) is 6.92 Å². The molecule has 0 atom stereocenters. The fourth-order valence-corrected chi connectivity index (χ4v) is 1.93. The minimum Gasteiger partial charge on any atom is -0.482 e. The number of amides is 2. The molecule has 0 saturated heterocycles. The zero-order valence-corrected chi connectivity index (χ0v) is 11.0. The van der Waals surface area contributed by atoms with Crippen LogP contribution in [-0.2, 0) is 9.59 Å². The number of carbonyl (C=O) groups excluding carboxylic acids is 2. The van der Waals surface area contributed by atoms with Crippen molar-refractivity contribution in [1.29, 1.82) is 0 Å². The van der Waals surface area contributed by atoms with E-state index in [2.05, 4.69) is 11.9 Å². The number of hydrogen-bond donors (Lipinski definition) is 1. The molecule has 0 aromatic heterocycles. The van der Waals surface area contributed by atoms with Crippen molar-refractivity contribution in [2.75, 3.05) is 23.4 Å². The molecule has 0 bridgehead atoms. The maximum atomic E-state index is 11.9. The average Bonchev–Trinajstić information content (AvgIpc) is 2.32. The third-order valence-corrected chi connectivity index (χ3v) is 2.65. The molecule has 1 aromatic rings. The summed E-state index contributed by atoms with van der Waals surface area (Å²) in [5.74, 6) is 0.361. The molecular formula is C14H16N2O3. The molecule has 0 aliphatic carbocycles. The van der Waals surface area contributed by atoms with Crippen LogP contribution < -0.4 is 15.0 Å². The van der Waals surface area contributed by atoms with E-state index in [9.17, 15) is 9.59 Å². The third-order valence-electron chi connectivity index (χ3n) is 2.65. The van der Waals surface area contributed by atoms with Crippen molar-refractivity contribution in [2.45, 2.75) is 13.8 Å². The smallest absolute Gasteiger partial charge is 0.265 e. The van der Waals surface area contributed by atoms with Crippen molar-refractivity contribution in [1.82, 2.24) is 0 Å². The van der Waals surface area contributed by atoms with Crippen LogP contribution in [0.1, 0.15) is 13.8 Å². The standard InChI is InChI=1S/C14H16N2O3/c1-9(2)7-16-12-6-11(15-10(3)17)4-5-13(12)19-8-14(16)18/h4-6H,1,7-8H2,2-3H3,(H,15,17). The van der Waals surface area contributed by atoms with E-state index in [4.69, 9.17) is 4.74 Å². The van der Waals surface area contributed by atoms with Gasteiger partial charge in [-0.05, 0) is 25.1 Å². The van der Waals surface area contributed by atoms with Gasteiger partial charge in [0.2, 0.25) is 5.91 Å². The summed E-state index contributed by atoms with van der Waals surface area (Å²) < 4.78 is 5.37. The first kappa shape index (κ1) is 13.1. The van der Waals surface area contributed by atoms with Crippen LogP contribution in [0.5, 0.6) is 5.75 Å².